The molecule has 0 unspecified atom stereocenters. The zero-order valence-electron chi connectivity index (χ0n) is 28.0. The van der Waals surface area contributed by atoms with Gasteiger partial charge in [-0.15, -0.1) is 0 Å². The third-order valence-electron chi connectivity index (χ3n) is 9.80. The van der Waals surface area contributed by atoms with Crippen molar-refractivity contribution < 1.29 is 23.6 Å². The van der Waals surface area contributed by atoms with Gasteiger partial charge in [0, 0.05) is 50.8 Å². The number of halogens is 1. The maximum atomic E-state index is 15.7. The highest BCUT2D eigenvalue weighted by atomic mass is 19.1. The van der Waals surface area contributed by atoms with Crippen molar-refractivity contribution in [2.75, 3.05) is 32.0 Å². The quantitative estimate of drug-likeness (QED) is 0.344. The van der Waals surface area contributed by atoms with Crippen LogP contribution in [0.2, 0.25) is 0 Å². The van der Waals surface area contributed by atoms with Gasteiger partial charge in [-0.05, 0) is 69.3 Å². The molecule has 0 radical (unpaired) electrons. The second-order valence-corrected chi connectivity index (χ2v) is 13.0. The van der Waals surface area contributed by atoms with Crippen LogP contribution in [0.5, 0.6) is 0 Å². The van der Waals surface area contributed by atoms with Crippen LogP contribution in [0, 0.1) is 17.7 Å². The van der Waals surface area contributed by atoms with Gasteiger partial charge in [-0.3, -0.25) is 23.9 Å². The molecule has 12 heteroatoms. The maximum Gasteiger partial charge on any atom is 0.270 e. The summed E-state index contributed by atoms with van der Waals surface area (Å²) in [5.41, 5.74) is 0.863. The van der Waals surface area contributed by atoms with Crippen LogP contribution in [0.1, 0.15) is 88.7 Å². The van der Waals surface area contributed by atoms with Crippen molar-refractivity contribution >= 4 is 29.3 Å². The Labute approximate surface area is 271 Å². The molecule has 3 N–H and O–H groups in total. The average Bonchev–Trinajstić information content (AvgIpc) is 3.53. The lowest BCUT2D eigenvalue weighted by Gasteiger charge is -2.40. The van der Waals surface area contributed by atoms with Gasteiger partial charge in [0.15, 0.2) is 0 Å². The Balaban J connectivity index is 1.52. The third kappa shape index (κ3) is 8.31. The number of rotatable bonds is 11. The molecule has 4 amide bonds. The highest BCUT2D eigenvalue weighted by molar-refractivity contribution is 6.00. The predicted octanol–water partition coefficient (Wildman–Crippen LogP) is 3.77. The Morgan fingerprint density at radius 3 is 2.37 bits per heavy atom. The van der Waals surface area contributed by atoms with Crippen molar-refractivity contribution in [1.29, 1.82) is 0 Å². The van der Waals surface area contributed by atoms with Crippen LogP contribution in [-0.4, -0.2) is 88.0 Å². The van der Waals surface area contributed by atoms with Crippen LogP contribution in [0.4, 0.5) is 10.1 Å². The van der Waals surface area contributed by atoms with Gasteiger partial charge >= 0.3 is 0 Å². The topological polar surface area (TPSA) is 129 Å². The first kappa shape index (κ1) is 35.1. The number of amides is 4. The van der Waals surface area contributed by atoms with E-state index < -0.39 is 35.6 Å². The highest BCUT2D eigenvalue weighted by Crippen LogP contribution is 2.32. The standard InChI is InChI=1S/C34H50FN7O4/c1-7-29(43)38-30(34(46)41-18-17-40(6)22(4)20-41)23(5)25-13-14-27(26(35)19-25)37-33(45)31(24-11-9-21(3)10-12-24)39-32(44)28-15-16-36-42(28)8-2/h13-16,19,21-24,30-31H,7-12,17-18,20H2,1-6H3,(H,37,45)(H,38,43)(H,39,44)/t21?,22-,23-,24?,30+,31-/m0/s1. The fourth-order valence-electron chi connectivity index (χ4n) is 6.45. The summed E-state index contributed by atoms with van der Waals surface area (Å²) in [4.78, 5) is 57.0. The molecule has 1 aliphatic carbocycles. The highest BCUT2D eigenvalue weighted by Gasteiger charge is 2.36. The minimum atomic E-state index is -0.868. The van der Waals surface area contributed by atoms with Crippen LogP contribution in [0.25, 0.3) is 0 Å². The summed E-state index contributed by atoms with van der Waals surface area (Å²) in [5.74, 6) is -2.08. The van der Waals surface area contributed by atoms with Gasteiger partial charge in [0.25, 0.3) is 5.91 Å². The second kappa shape index (κ2) is 15.7. The number of anilines is 1. The van der Waals surface area contributed by atoms with Gasteiger partial charge in [0.05, 0.1) is 5.69 Å². The van der Waals surface area contributed by atoms with Crippen molar-refractivity contribution in [1.82, 2.24) is 30.2 Å². The summed E-state index contributed by atoms with van der Waals surface area (Å²) in [6.07, 6.45) is 5.20. The van der Waals surface area contributed by atoms with Crippen molar-refractivity contribution in [2.24, 2.45) is 11.8 Å². The molecule has 252 valence electrons. The zero-order valence-corrected chi connectivity index (χ0v) is 28.0. The van der Waals surface area contributed by atoms with E-state index in [1.807, 2.05) is 14.0 Å². The summed E-state index contributed by atoms with van der Waals surface area (Å²) in [7, 11) is 2.02. The number of hydrogen-bond acceptors (Lipinski definition) is 6. The van der Waals surface area contributed by atoms with E-state index in [4.69, 9.17) is 0 Å². The number of aryl methyl sites for hydroxylation is 1. The van der Waals surface area contributed by atoms with E-state index in [2.05, 4.69) is 39.8 Å². The van der Waals surface area contributed by atoms with Crippen molar-refractivity contribution in [3.05, 3.63) is 47.5 Å². The summed E-state index contributed by atoms with van der Waals surface area (Å²) >= 11 is 0. The monoisotopic (exact) mass is 639 g/mol. The summed E-state index contributed by atoms with van der Waals surface area (Å²) in [5, 5.41) is 12.7. The first-order valence-electron chi connectivity index (χ1n) is 16.6. The fourth-order valence-corrected chi connectivity index (χ4v) is 6.45. The van der Waals surface area contributed by atoms with E-state index in [1.54, 1.807) is 41.8 Å². The number of likely N-dealkylation sites (N-methyl/N-ethyl adjacent to an activating group) is 1. The predicted molar refractivity (Wildman–Crippen MR) is 175 cm³/mol. The first-order valence-corrected chi connectivity index (χ1v) is 16.6. The van der Waals surface area contributed by atoms with Crippen LogP contribution in [0.3, 0.4) is 0 Å². The Hall–Kier alpha value is -3.80. The molecule has 46 heavy (non-hydrogen) atoms. The fraction of sp³-hybridized carbons (Fsp3) is 0.618. The van der Waals surface area contributed by atoms with Crippen LogP contribution in [0.15, 0.2) is 30.5 Å². The number of carbonyl (C=O) groups is 4. The summed E-state index contributed by atoms with van der Waals surface area (Å²) in [6.45, 7) is 11.9. The second-order valence-electron chi connectivity index (χ2n) is 13.0. The summed E-state index contributed by atoms with van der Waals surface area (Å²) < 4.78 is 17.2. The number of hydrogen-bond donors (Lipinski definition) is 3. The van der Waals surface area contributed by atoms with E-state index in [0.29, 0.717) is 36.8 Å². The van der Waals surface area contributed by atoms with Gasteiger partial charge in [-0.2, -0.15) is 5.10 Å². The Bertz CT molecular complexity index is 1390. The maximum absolute atomic E-state index is 15.7. The molecule has 4 rings (SSSR count). The molecule has 2 heterocycles. The third-order valence-corrected chi connectivity index (χ3v) is 9.80. The Morgan fingerprint density at radius 1 is 1.02 bits per heavy atom. The SMILES string of the molecule is CCC(=O)N[C@@H](C(=O)N1CCN(C)[C@@H](C)C1)[C@@H](C)c1ccc(NC(=O)[C@@H](NC(=O)c2ccnn2CC)C2CCC(C)CC2)c(F)c1. The van der Waals surface area contributed by atoms with Gasteiger partial charge in [0.2, 0.25) is 17.7 Å². The molecule has 1 aromatic heterocycles. The van der Waals surface area contributed by atoms with E-state index in [-0.39, 0.29) is 35.9 Å². The van der Waals surface area contributed by atoms with Crippen LogP contribution >= 0.6 is 0 Å². The normalized spacial score (nSPS) is 22.4. The van der Waals surface area contributed by atoms with Gasteiger partial charge in [-0.1, -0.05) is 39.7 Å². The molecule has 0 spiro atoms. The number of aromatic nitrogens is 2. The molecule has 1 saturated heterocycles. The van der Waals surface area contributed by atoms with Crippen molar-refractivity contribution in [3.8, 4) is 0 Å². The number of nitrogens with zero attached hydrogens (tertiary/aromatic N) is 4. The minimum Gasteiger partial charge on any atom is -0.344 e. The molecule has 2 aromatic rings. The zero-order chi connectivity index (χ0) is 33.5. The Morgan fingerprint density at radius 2 is 1.74 bits per heavy atom. The molecule has 1 aromatic carbocycles. The number of carbonyl (C=O) groups excluding carboxylic acids is 4. The lowest BCUT2D eigenvalue weighted by molar-refractivity contribution is -0.139. The molecule has 11 nitrogen and oxygen atoms in total. The number of piperazine rings is 1. The Kier molecular flexibility index (Phi) is 11.9. The van der Waals surface area contributed by atoms with E-state index in [0.717, 1.165) is 32.2 Å². The molecule has 2 fully saturated rings. The summed E-state index contributed by atoms with van der Waals surface area (Å²) in [6, 6.07) is 4.53. The van der Waals surface area contributed by atoms with E-state index in [1.165, 1.54) is 12.1 Å². The van der Waals surface area contributed by atoms with Gasteiger partial charge in [-0.25, -0.2) is 4.39 Å². The molecule has 1 saturated carbocycles. The molecular weight excluding hydrogens is 589 g/mol. The average molecular weight is 640 g/mol. The molecule has 0 bridgehead atoms. The number of nitrogens with one attached hydrogen (secondary N) is 3. The molecular formula is C34H50FN7O4. The van der Waals surface area contributed by atoms with Crippen molar-refractivity contribution in [3.63, 3.8) is 0 Å². The van der Waals surface area contributed by atoms with E-state index in [9.17, 15) is 19.2 Å². The van der Waals surface area contributed by atoms with Crippen LogP contribution < -0.4 is 16.0 Å². The van der Waals surface area contributed by atoms with E-state index >= 15 is 4.39 Å². The van der Waals surface area contributed by atoms with Gasteiger partial charge in [0.1, 0.15) is 23.6 Å². The van der Waals surface area contributed by atoms with Crippen molar-refractivity contribution in [2.45, 2.75) is 97.3 Å². The lowest BCUT2D eigenvalue weighted by Crippen LogP contribution is -2.58. The molecule has 1 aliphatic heterocycles. The molecule has 4 atom stereocenters. The lowest BCUT2D eigenvalue weighted by atomic mass is 9.79. The minimum absolute atomic E-state index is 0.0173. The van der Waals surface area contributed by atoms with Gasteiger partial charge < -0.3 is 25.8 Å². The largest absolute Gasteiger partial charge is 0.344 e. The van der Waals surface area contributed by atoms with Crippen LogP contribution in [-0.2, 0) is 20.9 Å². The number of benzene rings is 1. The molecule has 2 aliphatic rings. The smallest absolute Gasteiger partial charge is 0.270 e. The first-order chi connectivity index (χ1) is 21.9.